The van der Waals surface area contributed by atoms with Gasteiger partial charge in [-0.25, -0.2) is 14.8 Å². The topological polar surface area (TPSA) is 52.0 Å². The van der Waals surface area contributed by atoms with Gasteiger partial charge in [0.1, 0.15) is 5.82 Å². The van der Waals surface area contributed by atoms with Gasteiger partial charge >= 0.3 is 6.03 Å². The Hall–Kier alpha value is -2.11. The normalized spacial score (nSPS) is 25.9. The molecule has 4 aliphatic rings. The Balaban J connectivity index is 1.18. The minimum absolute atomic E-state index is 0.109. The molecule has 6 nitrogen and oxygen atoms in total. The number of hydrogen-bond acceptors (Lipinski definition) is 4. The van der Waals surface area contributed by atoms with Crippen LogP contribution in [0.3, 0.4) is 0 Å². The summed E-state index contributed by atoms with van der Waals surface area (Å²) in [7, 11) is 0. The van der Waals surface area contributed by atoms with E-state index in [-0.39, 0.29) is 12.1 Å². The molecule has 0 radical (unpaired) electrons. The molecule has 0 spiro atoms. The van der Waals surface area contributed by atoms with Crippen molar-refractivity contribution >= 4 is 18.1 Å². The van der Waals surface area contributed by atoms with E-state index < -0.39 is 0 Å². The predicted molar refractivity (Wildman–Crippen MR) is 129 cm³/mol. The molecule has 32 heavy (non-hydrogen) atoms. The van der Waals surface area contributed by atoms with Crippen LogP contribution in [-0.4, -0.2) is 59.4 Å². The van der Waals surface area contributed by atoms with Crippen LogP contribution < -0.4 is 4.90 Å². The number of carbonyl (C=O) groups is 1. The highest BCUT2D eigenvalue weighted by molar-refractivity contribution is 5.78. The highest BCUT2D eigenvalue weighted by Gasteiger charge is 2.36. The molecule has 0 aromatic carbocycles. The number of rotatable bonds is 3. The number of piperazine rings is 1. The zero-order valence-corrected chi connectivity index (χ0v) is 19.5. The van der Waals surface area contributed by atoms with Crippen LogP contribution in [0, 0.1) is 5.92 Å². The number of pyridine rings is 1. The molecule has 3 fully saturated rings. The largest absolute Gasteiger partial charge is 0.353 e. The van der Waals surface area contributed by atoms with Gasteiger partial charge in [-0.15, -0.1) is 0 Å². The average Bonchev–Trinajstić information content (AvgIpc) is 3.51. The maximum absolute atomic E-state index is 13.4. The molecule has 1 aromatic heterocycles. The molecule has 5 rings (SSSR count). The molecule has 2 amide bonds. The maximum Gasteiger partial charge on any atom is 0.340 e. The lowest BCUT2D eigenvalue weighted by atomic mass is 9.85. The molecule has 2 aliphatic heterocycles. The first kappa shape index (κ1) is 21.7. The van der Waals surface area contributed by atoms with Crippen LogP contribution >= 0.6 is 0 Å². The first-order valence-electron chi connectivity index (χ1n) is 13.1. The van der Waals surface area contributed by atoms with E-state index in [9.17, 15) is 4.79 Å². The first-order valence-corrected chi connectivity index (χ1v) is 13.1. The predicted octanol–water partition coefficient (Wildman–Crippen LogP) is 5.40. The van der Waals surface area contributed by atoms with Crippen molar-refractivity contribution in [3.8, 4) is 0 Å². The van der Waals surface area contributed by atoms with Crippen molar-refractivity contribution in [3.05, 3.63) is 23.9 Å². The second kappa shape index (κ2) is 10.2. The van der Waals surface area contributed by atoms with E-state index in [1.165, 1.54) is 76.2 Å². The molecule has 6 heteroatoms. The van der Waals surface area contributed by atoms with Crippen molar-refractivity contribution in [2.45, 2.75) is 89.0 Å². The van der Waals surface area contributed by atoms with Gasteiger partial charge in [0.25, 0.3) is 0 Å². The third-order valence-electron chi connectivity index (χ3n) is 8.23. The summed E-state index contributed by atoms with van der Waals surface area (Å²) in [5.41, 5.74) is 1.44. The maximum atomic E-state index is 13.4. The first-order chi connectivity index (χ1) is 15.8. The zero-order chi connectivity index (χ0) is 21.8. The summed E-state index contributed by atoms with van der Waals surface area (Å²) < 4.78 is 0. The Bertz CT molecular complexity index is 789. The molecular formula is C26H39N5O. The van der Waals surface area contributed by atoms with Crippen LogP contribution in [0.4, 0.5) is 10.6 Å². The fourth-order valence-electron chi connectivity index (χ4n) is 6.28. The summed E-state index contributed by atoms with van der Waals surface area (Å²) >= 11 is 0. The van der Waals surface area contributed by atoms with Crippen molar-refractivity contribution in [3.63, 3.8) is 0 Å². The molecular weight excluding hydrogens is 398 g/mol. The highest BCUT2D eigenvalue weighted by atomic mass is 16.2. The summed E-state index contributed by atoms with van der Waals surface area (Å²) in [5, 5.41) is 6.38. The Morgan fingerprint density at radius 2 is 1.56 bits per heavy atom. The van der Waals surface area contributed by atoms with Crippen LogP contribution in [0.25, 0.3) is 0 Å². The van der Waals surface area contributed by atoms with E-state index in [1.54, 1.807) is 0 Å². The molecule has 1 aromatic rings. The van der Waals surface area contributed by atoms with Crippen LogP contribution in [0.1, 0.15) is 88.5 Å². The van der Waals surface area contributed by atoms with E-state index >= 15 is 0 Å². The molecule has 2 saturated carbocycles. The van der Waals surface area contributed by atoms with Crippen LogP contribution in [0.5, 0.6) is 0 Å². The average molecular weight is 438 g/mol. The zero-order valence-electron chi connectivity index (χ0n) is 19.5. The fourth-order valence-corrected chi connectivity index (χ4v) is 6.28. The molecule has 1 atom stereocenters. The quantitative estimate of drug-likeness (QED) is 0.636. The van der Waals surface area contributed by atoms with Crippen LogP contribution in [0.15, 0.2) is 23.4 Å². The van der Waals surface area contributed by atoms with Gasteiger partial charge in [-0.1, -0.05) is 44.9 Å². The van der Waals surface area contributed by atoms with E-state index in [4.69, 9.17) is 0 Å². The number of aromatic nitrogens is 1. The number of anilines is 1. The standard InChI is InChI=1S/C26H39N5O/c32-26(31-24(13-15-28-31)22-10-4-2-1-3-5-11-22)30-18-16-29(17-19-30)25-20-23(12-14-27-25)21-8-6-7-9-21/h12,14-15,20-22,24H,1-11,13,16-19H2. The summed E-state index contributed by atoms with van der Waals surface area (Å²) in [6, 6.07) is 4.87. The van der Waals surface area contributed by atoms with Crippen molar-refractivity contribution < 1.29 is 4.79 Å². The van der Waals surface area contributed by atoms with Crippen molar-refractivity contribution in [1.29, 1.82) is 0 Å². The fraction of sp³-hybridized carbons (Fsp3) is 0.731. The van der Waals surface area contributed by atoms with Crippen LogP contribution in [-0.2, 0) is 0 Å². The lowest BCUT2D eigenvalue weighted by Gasteiger charge is -2.39. The number of nitrogens with zero attached hydrogens (tertiary/aromatic N) is 5. The number of hydrazone groups is 1. The molecule has 0 N–H and O–H groups in total. The minimum Gasteiger partial charge on any atom is -0.353 e. The van der Waals surface area contributed by atoms with Gasteiger partial charge in [0.2, 0.25) is 0 Å². The van der Waals surface area contributed by atoms with Gasteiger partial charge in [0.05, 0.1) is 6.04 Å². The third-order valence-corrected chi connectivity index (χ3v) is 8.23. The number of urea groups is 1. The Morgan fingerprint density at radius 1 is 0.875 bits per heavy atom. The van der Waals surface area contributed by atoms with Gasteiger partial charge in [-0.3, -0.25) is 0 Å². The number of carbonyl (C=O) groups excluding carboxylic acids is 1. The van der Waals surface area contributed by atoms with Gasteiger partial charge < -0.3 is 9.80 Å². The summed E-state index contributed by atoms with van der Waals surface area (Å²) in [5.74, 6) is 2.39. The molecule has 3 heterocycles. The number of amides is 2. The smallest absolute Gasteiger partial charge is 0.340 e. The van der Waals surface area contributed by atoms with Gasteiger partial charge in [0, 0.05) is 45.0 Å². The monoisotopic (exact) mass is 437 g/mol. The second-order valence-electron chi connectivity index (χ2n) is 10.2. The molecule has 1 unspecified atom stereocenters. The lowest BCUT2D eigenvalue weighted by molar-refractivity contribution is 0.115. The van der Waals surface area contributed by atoms with E-state index in [0.29, 0.717) is 11.8 Å². The SMILES string of the molecule is O=C(N1CCN(c2cc(C3CCCC3)ccn2)CC1)N1N=CCC1C1CCCCCCC1. The molecule has 1 saturated heterocycles. The van der Waals surface area contributed by atoms with Crippen LogP contribution in [0.2, 0.25) is 0 Å². The van der Waals surface area contributed by atoms with Crippen molar-refractivity contribution in [2.24, 2.45) is 11.0 Å². The lowest BCUT2D eigenvalue weighted by Crippen LogP contribution is -2.54. The Morgan fingerprint density at radius 3 is 2.31 bits per heavy atom. The van der Waals surface area contributed by atoms with E-state index in [2.05, 4.69) is 27.1 Å². The van der Waals surface area contributed by atoms with Crippen molar-refractivity contribution in [2.75, 3.05) is 31.1 Å². The second-order valence-corrected chi connectivity index (χ2v) is 10.2. The highest BCUT2D eigenvalue weighted by Crippen LogP contribution is 2.35. The minimum atomic E-state index is 0.109. The third kappa shape index (κ3) is 4.79. The van der Waals surface area contributed by atoms with E-state index in [0.717, 1.165) is 38.4 Å². The molecule has 0 bridgehead atoms. The van der Waals surface area contributed by atoms with Crippen molar-refractivity contribution in [1.82, 2.24) is 14.9 Å². The Labute approximate surface area is 193 Å². The number of hydrogen-bond donors (Lipinski definition) is 0. The van der Waals surface area contributed by atoms with Gasteiger partial charge in [-0.2, -0.15) is 5.10 Å². The molecule has 174 valence electrons. The Kier molecular flexibility index (Phi) is 6.94. The summed E-state index contributed by atoms with van der Waals surface area (Å²) in [4.78, 5) is 22.4. The molecule has 2 aliphatic carbocycles. The summed E-state index contributed by atoms with van der Waals surface area (Å²) in [6.45, 7) is 3.19. The van der Waals surface area contributed by atoms with E-state index in [1.807, 2.05) is 22.3 Å². The van der Waals surface area contributed by atoms with Gasteiger partial charge in [0.15, 0.2) is 0 Å². The summed E-state index contributed by atoms with van der Waals surface area (Å²) in [6.07, 6.45) is 19.3. The van der Waals surface area contributed by atoms with Gasteiger partial charge in [-0.05, 0) is 55.2 Å².